The number of carbonyl (C=O) groups is 2. The molecule has 4 heteroatoms. The first-order valence-electron chi connectivity index (χ1n) is 9.73. The molecular formula is C23H28O4. The number of carbonyl (C=O) groups excluding carboxylic acids is 2. The van der Waals surface area contributed by atoms with Gasteiger partial charge in [-0.15, -0.1) is 0 Å². The van der Waals surface area contributed by atoms with Crippen molar-refractivity contribution in [3.63, 3.8) is 0 Å². The Morgan fingerprint density at radius 3 is 2.15 bits per heavy atom. The summed E-state index contributed by atoms with van der Waals surface area (Å²) in [6, 6.07) is 14.1. The number of ether oxygens (including phenoxy) is 2. The van der Waals surface area contributed by atoms with Crippen molar-refractivity contribution in [3.8, 4) is 5.75 Å². The summed E-state index contributed by atoms with van der Waals surface area (Å²) in [5.74, 6) is -0.495. The Hall–Kier alpha value is -2.62. The molecule has 0 N–H and O–H groups in total. The number of aryl methyl sites for hydroxylation is 1. The molecule has 0 unspecified atom stereocenters. The molecule has 0 saturated carbocycles. The molecule has 4 nitrogen and oxygen atoms in total. The van der Waals surface area contributed by atoms with Gasteiger partial charge in [-0.05, 0) is 36.6 Å². The number of rotatable bonds is 10. The molecule has 0 aromatic heterocycles. The summed E-state index contributed by atoms with van der Waals surface area (Å²) in [5.41, 5.74) is 1.44. The molecule has 0 aliphatic carbocycles. The van der Waals surface area contributed by atoms with Gasteiger partial charge in [0, 0.05) is 0 Å². The minimum Gasteiger partial charge on any atom is -0.462 e. The van der Waals surface area contributed by atoms with Crippen LogP contribution in [0.2, 0.25) is 0 Å². The highest BCUT2D eigenvalue weighted by molar-refractivity contribution is 6.03. The molecule has 144 valence electrons. The topological polar surface area (TPSA) is 52.6 Å². The molecule has 0 radical (unpaired) electrons. The zero-order chi connectivity index (χ0) is 19.5. The number of para-hydroxylation sites is 1. The van der Waals surface area contributed by atoms with Gasteiger partial charge in [0.15, 0.2) is 0 Å². The van der Waals surface area contributed by atoms with Crippen molar-refractivity contribution >= 4 is 11.9 Å². The summed E-state index contributed by atoms with van der Waals surface area (Å²) < 4.78 is 10.9. The zero-order valence-corrected chi connectivity index (χ0v) is 16.2. The van der Waals surface area contributed by atoms with Crippen molar-refractivity contribution < 1.29 is 19.1 Å². The lowest BCUT2D eigenvalue weighted by atomic mass is 10.1. The molecule has 0 saturated heterocycles. The third-order valence-electron chi connectivity index (χ3n) is 4.29. The molecule has 2 rings (SSSR count). The second kappa shape index (κ2) is 11.2. The van der Waals surface area contributed by atoms with E-state index in [1.807, 2.05) is 18.2 Å². The molecule has 27 heavy (non-hydrogen) atoms. The summed E-state index contributed by atoms with van der Waals surface area (Å²) >= 11 is 0. The third kappa shape index (κ3) is 6.24. The van der Waals surface area contributed by atoms with Gasteiger partial charge in [-0.1, -0.05) is 69.9 Å². The van der Waals surface area contributed by atoms with Crippen molar-refractivity contribution in [1.82, 2.24) is 0 Å². The highest BCUT2D eigenvalue weighted by atomic mass is 16.5. The van der Waals surface area contributed by atoms with Crippen LogP contribution in [0.3, 0.4) is 0 Å². The molecule has 0 atom stereocenters. The standard InChI is InChI=1S/C23H28O4/c1-3-5-6-11-17-26-22(24)19-14-8-9-15-20(19)23(25)27-21-16-10-7-13-18(21)12-4-2/h7-10,13-16H,3-6,11-12,17H2,1-2H3. The summed E-state index contributed by atoms with van der Waals surface area (Å²) in [6.45, 7) is 4.57. The highest BCUT2D eigenvalue weighted by Gasteiger charge is 2.20. The lowest BCUT2D eigenvalue weighted by Gasteiger charge is -2.12. The Balaban J connectivity index is 2.08. The molecule has 0 aliphatic heterocycles. The van der Waals surface area contributed by atoms with E-state index < -0.39 is 11.9 Å². The minimum atomic E-state index is -0.544. The molecule has 0 spiro atoms. The van der Waals surface area contributed by atoms with E-state index in [2.05, 4.69) is 13.8 Å². The monoisotopic (exact) mass is 368 g/mol. The van der Waals surface area contributed by atoms with E-state index in [0.717, 1.165) is 44.1 Å². The normalized spacial score (nSPS) is 10.4. The van der Waals surface area contributed by atoms with Crippen molar-refractivity contribution in [3.05, 3.63) is 65.2 Å². The van der Waals surface area contributed by atoms with Gasteiger partial charge in [-0.25, -0.2) is 9.59 Å². The van der Waals surface area contributed by atoms with Crippen LogP contribution >= 0.6 is 0 Å². The largest absolute Gasteiger partial charge is 0.462 e. The first-order valence-corrected chi connectivity index (χ1v) is 9.73. The molecule has 0 amide bonds. The predicted octanol–water partition coefficient (Wildman–Crippen LogP) is 5.60. The fourth-order valence-corrected chi connectivity index (χ4v) is 2.84. The summed E-state index contributed by atoms with van der Waals surface area (Å²) in [5, 5.41) is 0. The number of esters is 2. The Morgan fingerprint density at radius 1 is 0.778 bits per heavy atom. The van der Waals surface area contributed by atoms with Gasteiger partial charge in [-0.2, -0.15) is 0 Å². The van der Waals surface area contributed by atoms with Gasteiger partial charge < -0.3 is 9.47 Å². The van der Waals surface area contributed by atoms with E-state index in [1.54, 1.807) is 30.3 Å². The Labute approximate surface area is 161 Å². The second-order valence-electron chi connectivity index (χ2n) is 6.49. The lowest BCUT2D eigenvalue weighted by molar-refractivity contribution is 0.0489. The first-order chi connectivity index (χ1) is 13.2. The first kappa shape index (κ1) is 20.7. The molecule has 0 bridgehead atoms. The SMILES string of the molecule is CCCCCCOC(=O)c1ccccc1C(=O)Oc1ccccc1CCC. The van der Waals surface area contributed by atoms with Crippen LogP contribution in [-0.4, -0.2) is 18.5 Å². The van der Waals surface area contributed by atoms with Gasteiger partial charge in [0.25, 0.3) is 0 Å². The van der Waals surface area contributed by atoms with E-state index in [1.165, 1.54) is 0 Å². The van der Waals surface area contributed by atoms with Gasteiger partial charge >= 0.3 is 11.9 Å². The van der Waals surface area contributed by atoms with Crippen LogP contribution < -0.4 is 4.74 Å². The van der Waals surface area contributed by atoms with Crippen LogP contribution in [0.4, 0.5) is 0 Å². The Morgan fingerprint density at radius 2 is 1.44 bits per heavy atom. The second-order valence-corrected chi connectivity index (χ2v) is 6.49. The molecular weight excluding hydrogens is 340 g/mol. The van der Waals surface area contributed by atoms with E-state index in [9.17, 15) is 9.59 Å². The quantitative estimate of drug-likeness (QED) is 0.311. The summed E-state index contributed by atoms with van der Waals surface area (Å²) in [6.07, 6.45) is 5.89. The van der Waals surface area contributed by atoms with Crippen LogP contribution in [0.15, 0.2) is 48.5 Å². The smallest absolute Gasteiger partial charge is 0.344 e. The summed E-state index contributed by atoms with van der Waals surface area (Å²) in [7, 11) is 0. The van der Waals surface area contributed by atoms with Crippen LogP contribution in [0.1, 0.15) is 72.2 Å². The van der Waals surface area contributed by atoms with Gasteiger partial charge in [0.2, 0.25) is 0 Å². The number of hydrogen-bond acceptors (Lipinski definition) is 4. The van der Waals surface area contributed by atoms with Crippen LogP contribution in [-0.2, 0) is 11.2 Å². The van der Waals surface area contributed by atoms with Crippen LogP contribution in [0, 0.1) is 0 Å². The van der Waals surface area contributed by atoms with Gasteiger partial charge in [0.1, 0.15) is 5.75 Å². The van der Waals surface area contributed by atoms with E-state index in [4.69, 9.17) is 9.47 Å². The maximum absolute atomic E-state index is 12.7. The zero-order valence-electron chi connectivity index (χ0n) is 16.2. The Kier molecular flexibility index (Phi) is 8.56. The minimum absolute atomic E-state index is 0.224. The van der Waals surface area contributed by atoms with E-state index in [-0.39, 0.29) is 11.1 Å². The molecule has 0 heterocycles. The highest BCUT2D eigenvalue weighted by Crippen LogP contribution is 2.22. The summed E-state index contributed by atoms with van der Waals surface area (Å²) in [4.78, 5) is 25.1. The number of hydrogen-bond donors (Lipinski definition) is 0. The maximum atomic E-state index is 12.7. The average Bonchev–Trinajstić information content (AvgIpc) is 2.69. The van der Waals surface area contributed by atoms with Crippen molar-refractivity contribution in [2.45, 2.75) is 52.4 Å². The van der Waals surface area contributed by atoms with Crippen LogP contribution in [0.25, 0.3) is 0 Å². The Bertz CT molecular complexity index is 752. The van der Waals surface area contributed by atoms with Crippen molar-refractivity contribution in [2.75, 3.05) is 6.61 Å². The predicted molar refractivity (Wildman–Crippen MR) is 106 cm³/mol. The van der Waals surface area contributed by atoms with E-state index in [0.29, 0.717) is 12.4 Å². The number of benzene rings is 2. The van der Waals surface area contributed by atoms with E-state index >= 15 is 0 Å². The maximum Gasteiger partial charge on any atom is 0.344 e. The molecule has 2 aromatic carbocycles. The van der Waals surface area contributed by atoms with Gasteiger partial charge in [0.05, 0.1) is 17.7 Å². The van der Waals surface area contributed by atoms with Crippen molar-refractivity contribution in [2.24, 2.45) is 0 Å². The average molecular weight is 368 g/mol. The molecule has 0 aliphatic rings. The van der Waals surface area contributed by atoms with Crippen LogP contribution in [0.5, 0.6) is 5.75 Å². The van der Waals surface area contributed by atoms with Crippen molar-refractivity contribution in [1.29, 1.82) is 0 Å². The fraction of sp³-hybridized carbons (Fsp3) is 0.391. The number of unbranched alkanes of at least 4 members (excludes halogenated alkanes) is 3. The molecule has 2 aromatic rings. The third-order valence-corrected chi connectivity index (χ3v) is 4.29. The molecule has 0 fully saturated rings. The fourth-order valence-electron chi connectivity index (χ4n) is 2.84. The van der Waals surface area contributed by atoms with Gasteiger partial charge in [-0.3, -0.25) is 0 Å². The lowest BCUT2D eigenvalue weighted by Crippen LogP contribution is -2.16.